The number of fused-ring (bicyclic) bond motifs is 3. The summed E-state index contributed by atoms with van der Waals surface area (Å²) in [6.45, 7) is -0.810. The van der Waals surface area contributed by atoms with E-state index in [-0.39, 0.29) is 50.7 Å². The molecule has 202 valence electrons. The Bertz CT molecular complexity index is 1700. The van der Waals surface area contributed by atoms with Gasteiger partial charge in [-0.15, -0.1) is 0 Å². The van der Waals surface area contributed by atoms with Crippen molar-refractivity contribution in [3.8, 4) is 11.1 Å². The molecule has 3 N–H and O–H groups in total. The highest BCUT2D eigenvalue weighted by molar-refractivity contribution is 6.31. The van der Waals surface area contributed by atoms with Crippen molar-refractivity contribution in [3.05, 3.63) is 86.6 Å². The second-order valence-electron chi connectivity index (χ2n) is 8.93. The summed E-state index contributed by atoms with van der Waals surface area (Å²) in [6, 6.07) is 4.09. The zero-order chi connectivity index (χ0) is 28.4. The van der Waals surface area contributed by atoms with Gasteiger partial charge >= 0.3 is 6.18 Å². The third-order valence-electron chi connectivity index (χ3n) is 6.64. The molecular formula is C26H17ClF6N4O2. The van der Waals surface area contributed by atoms with E-state index >= 15 is 4.39 Å². The number of carbonyl (C=O) groups excluding carboxylic acids is 2. The van der Waals surface area contributed by atoms with Gasteiger partial charge in [0.15, 0.2) is 0 Å². The summed E-state index contributed by atoms with van der Waals surface area (Å²) < 4.78 is 84.9. The predicted molar refractivity (Wildman–Crippen MR) is 130 cm³/mol. The highest BCUT2D eigenvalue weighted by Gasteiger charge is 2.40. The van der Waals surface area contributed by atoms with Gasteiger partial charge in [0.05, 0.1) is 29.4 Å². The molecule has 39 heavy (non-hydrogen) atoms. The van der Waals surface area contributed by atoms with Crippen molar-refractivity contribution in [2.24, 2.45) is 12.8 Å². The van der Waals surface area contributed by atoms with Gasteiger partial charge in [-0.1, -0.05) is 11.6 Å². The quantitative estimate of drug-likeness (QED) is 0.307. The number of aryl methyl sites for hydroxylation is 2. The van der Waals surface area contributed by atoms with Gasteiger partial charge in [0.1, 0.15) is 17.2 Å². The van der Waals surface area contributed by atoms with Gasteiger partial charge in [-0.25, -0.2) is 8.78 Å². The summed E-state index contributed by atoms with van der Waals surface area (Å²) >= 11 is 6.31. The van der Waals surface area contributed by atoms with Gasteiger partial charge in [0, 0.05) is 46.3 Å². The monoisotopic (exact) mass is 566 g/mol. The molecule has 0 spiro atoms. The van der Waals surface area contributed by atoms with E-state index in [0.29, 0.717) is 11.8 Å². The lowest BCUT2D eigenvalue weighted by Crippen LogP contribution is -2.21. The van der Waals surface area contributed by atoms with Crippen molar-refractivity contribution in [1.82, 2.24) is 15.1 Å². The lowest BCUT2D eigenvalue weighted by molar-refractivity contribution is -0.137. The van der Waals surface area contributed by atoms with Crippen LogP contribution in [-0.4, -0.2) is 28.3 Å². The third kappa shape index (κ3) is 4.28. The van der Waals surface area contributed by atoms with Crippen LogP contribution in [-0.2, 0) is 19.6 Å². The Kier molecular flexibility index (Phi) is 6.33. The molecule has 3 aromatic carbocycles. The van der Waals surface area contributed by atoms with Gasteiger partial charge in [0.2, 0.25) is 5.91 Å². The highest BCUT2D eigenvalue weighted by Crippen LogP contribution is 2.46. The van der Waals surface area contributed by atoms with Crippen LogP contribution < -0.4 is 11.1 Å². The molecule has 0 saturated carbocycles. The SMILES string of the molecule is Cn1nc2c3c(c(-c4c(F)cc(C(F)(F)F)cc4C(N)=O)cc2c1CCF)C(c1cc(F)ccc1Cl)NC3=O. The molecule has 1 unspecified atom stereocenters. The summed E-state index contributed by atoms with van der Waals surface area (Å²) in [5.41, 5.74) is 2.70. The molecule has 0 aliphatic carbocycles. The molecule has 1 aliphatic rings. The summed E-state index contributed by atoms with van der Waals surface area (Å²) in [7, 11) is 1.50. The van der Waals surface area contributed by atoms with Crippen molar-refractivity contribution in [1.29, 1.82) is 0 Å². The molecule has 1 atom stereocenters. The van der Waals surface area contributed by atoms with E-state index in [1.54, 1.807) is 0 Å². The maximum absolute atomic E-state index is 15.6. The van der Waals surface area contributed by atoms with Crippen LogP contribution >= 0.6 is 11.6 Å². The van der Waals surface area contributed by atoms with E-state index in [9.17, 15) is 31.5 Å². The van der Waals surface area contributed by atoms with Crippen molar-refractivity contribution in [2.45, 2.75) is 18.6 Å². The third-order valence-corrected chi connectivity index (χ3v) is 6.98. The number of amides is 2. The van der Waals surface area contributed by atoms with Crippen LogP contribution in [0.15, 0.2) is 36.4 Å². The predicted octanol–water partition coefficient (Wildman–Crippen LogP) is 5.63. The highest BCUT2D eigenvalue weighted by atomic mass is 35.5. The molecule has 13 heteroatoms. The van der Waals surface area contributed by atoms with Crippen molar-refractivity contribution < 1.29 is 35.9 Å². The fourth-order valence-electron chi connectivity index (χ4n) is 5.00. The number of alkyl halides is 4. The molecular weight excluding hydrogens is 550 g/mol. The first-order valence-electron chi connectivity index (χ1n) is 11.4. The topological polar surface area (TPSA) is 90.0 Å². The van der Waals surface area contributed by atoms with Gasteiger partial charge in [-0.3, -0.25) is 18.7 Å². The molecule has 0 fully saturated rings. The van der Waals surface area contributed by atoms with Gasteiger partial charge in [-0.05, 0) is 42.0 Å². The first-order valence-corrected chi connectivity index (χ1v) is 11.8. The van der Waals surface area contributed by atoms with Crippen LogP contribution in [0.4, 0.5) is 26.3 Å². The lowest BCUT2D eigenvalue weighted by Gasteiger charge is -2.20. The Balaban J connectivity index is 1.94. The number of halogens is 7. The van der Waals surface area contributed by atoms with Crippen LogP contribution in [0.5, 0.6) is 0 Å². The summed E-state index contributed by atoms with van der Waals surface area (Å²) in [6.07, 6.45) is -5.15. The number of hydrogen-bond acceptors (Lipinski definition) is 3. The molecule has 1 aliphatic heterocycles. The van der Waals surface area contributed by atoms with Crippen molar-refractivity contribution >= 4 is 34.3 Å². The zero-order valence-electron chi connectivity index (χ0n) is 19.9. The Morgan fingerprint density at radius 1 is 1.15 bits per heavy atom. The summed E-state index contributed by atoms with van der Waals surface area (Å²) in [4.78, 5) is 25.7. The molecule has 0 saturated heterocycles. The molecule has 4 aromatic rings. The van der Waals surface area contributed by atoms with Crippen LogP contribution in [0.1, 0.15) is 49.1 Å². The van der Waals surface area contributed by atoms with E-state index in [1.807, 2.05) is 0 Å². The number of rotatable bonds is 5. The number of nitrogens with one attached hydrogen (secondary N) is 1. The van der Waals surface area contributed by atoms with E-state index in [4.69, 9.17) is 17.3 Å². The normalized spacial score (nSPS) is 15.1. The van der Waals surface area contributed by atoms with Crippen molar-refractivity contribution in [2.75, 3.05) is 6.67 Å². The average molecular weight is 567 g/mol. The Labute approximate surface area is 221 Å². The number of hydrogen-bond donors (Lipinski definition) is 2. The molecule has 1 aromatic heterocycles. The number of carbonyl (C=O) groups is 2. The van der Waals surface area contributed by atoms with Crippen LogP contribution in [0.25, 0.3) is 22.0 Å². The average Bonchev–Trinajstić information content (AvgIpc) is 3.36. The fraction of sp³-hybridized carbons (Fsp3) is 0.192. The number of nitrogens with two attached hydrogens (primary N) is 1. The molecule has 2 amide bonds. The van der Waals surface area contributed by atoms with E-state index in [0.717, 1.165) is 12.1 Å². The minimum absolute atomic E-state index is 0.00828. The van der Waals surface area contributed by atoms with Crippen LogP contribution in [0.2, 0.25) is 5.02 Å². The first-order chi connectivity index (χ1) is 18.3. The maximum Gasteiger partial charge on any atom is 0.416 e. The minimum atomic E-state index is -5.00. The standard InChI is InChI=1S/C26H17ClF6N4O2/c1-37-18(4-5-28)13-9-14(19-15(24(34)38)6-10(7-17(19)30)26(31,32)33)20-21(23(13)36-37)25(39)35-22(20)12-8-11(29)2-3-16(12)27/h2-3,6-9,22H,4-5H2,1H3,(H2,34,38)(H,35,39). The van der Waals surface area contributed by atoms with E-state index in [1.165, 1.54) is 23.9 Å². The molecule has 2 heterocycles. The van der Waals surface area contributed by atoms with Crippen LogP contribution in [0.3, 0.4) is 0 Å². The number of nitrogens with zero attached hydrogens (tertiary/aromatic N) is 2. The van der Waals surface area contributed by atoms with E-state index < -0.39 is 59.0 Å². The largest absolute Gasteiger partial charge is 0.416 e. The van der Waals surface area contributed by atoms with E-state index in [2.05, 4.69) is 10.4 Å². The molecule has 6 nitrogen and oxygen atoms in total. The summed E-state index contributed by atoms with van der Waals surface area (Å²) in [5, 5.41) is 7.21. The van der Waals surface area contributed by atoms with Gasteiger partial charge < -0.3 is 11.1 Å². The molecule has 0 bridgehead atoms. The molecule has 5 rings (SSSR count). The number of benzene rings is 3. The zero-order valence-corrected chi connectivity index (χ0v) is 20.6. The fourth-order valence-corrected chi connectivity index (χ4v) is 5.23. The Hall–Kier alpha value is -4.06. The number of primary amides is 1. The smallest absolute Gasteiger partial charge is 0.366 e. The lowest BCUT2D eigenvalue weighted by atomic mass is 9.85. The first kappa shape index (κ1) is 26.5. The second-order valence-corrected chi connectivity index (χ2v) is 9.34. The second kappa shape index (κ2) is 9.30. The summed E-state index contributed by atoms with van der Waals surface area (Å²) in [5.74, 6) is -4.24. The van der Waals surface area contributed by atoms with Crippen LogP contribution in [0, 0.1) is 11.6 Å². The minimum Gasteiger partial charge on any atom is -0.366 e. The Morgan fingerprint density at radius 2 is 1.87 bits per heavy atom. The Morgan fingerprint density at radius 3 is 2.51 bits per heavy atom. The van der Waals surface area contributed by atoms with Gasteiger partial charge in [0.25, 0.3) is 5.91 Å². The van der Waals surface area contributed by atoms with Gasteiger partial charge in [-0.2, -0.15) is 18.3 Å². The number of aromatic nitrogens is 2. The van der Waals surface area contributed by atoms with Crippen molar-refractivity contribution in [3.63, 3.8) is 0 Å². The maximum atomic E-state index is 15.6. The molecule has 0 radical (unpaired) electrons.